The van der Waals surface area contributed by atoms with Crippen LogP contribution in [0, 0.1) is 0 Å². The molecule has 3 N–H and O–H groups in total. The minimum Gasteiger partial charge on any atom is -0.508 e. The molecule has 0 aliphatic carbocycles. The van der Waals surface area contributed by atoms with Gasteiger partial charge >= 0.3 is 0 Å². The van der Waals surface area contributed by atoms with E-state index in [0.29, 0.717) is 23.3 Å². The Balaban J connectivity index is 2.27. The number of hydrogen-bond donors (Lipinski definition) is 3. The molecule has 0 heterocycles. The number of methoxy groups -OCH3 is 1. The Morgan fingerprint density at radius 1 is 1.04 bits per heavy atom. The smallest absolute Gasteiger partial charge is 0.189 e. The second-order valence-corrected chi connectivity index (χ2v) is 6.11. The molecule has 0 atom stereocenters. The largest absolute Gasteiger partial charge is 0.508 e. The quantitative estimate of drug-likeness (QED) is 0.411. The lowest BCUT2D eigenvalue weighted by Gasteiger charge is -2.07. The first-order valence-electron chi connectivity index (χ1n) is 8.09. The predicted molar refractivity (Wildman–Crippen MR) is 101 cm³/mol. The van der Waals surface area contributed by atoms with Gasteiger partial charge in [-0.05, 0) is 55.7 Å². The molecular weight excluding hydrogens is 332 g/mol. The zero-order valence-electron chi connectivity index (χ0n) is 15.0. The first-order valence-corrected chi connectivity index (χ1v) is 8.09. The Labute approximate surface area is 152 Å². The summed E-state index contributed by atoms with van der Waals surface area (Å²) in [5.74, 6) is -0.431. The highest BCUT2D eigenvalue weighted by atomic mass is 16.5. The van der Waals surface area contributed by atoms with Gasteiger partial charge in [-0.1, -0.05) is 23.8 Å². The summed E-state index contributed by atoms with van der Waals surface area (Å²) in [6.07, 6.45) is 5.22. The number of hydrogen-bond acceptors (Lipinski definition) is 5. The molecule has 0 aliphatic heterocycles. The lowest BCUT2D eigenvalue weighted by atomic mass is 10.0. The highest BCUT2D eigenvalue weighted by Crippen LogP contribution is 2.30. The molecule has 2 aromatic carbocycles. The summed E-state index contributed by atoms with van der Waals surface area (Å²) in [4.78, 5) is 12.4. The van der Waals surface area contributed by atoms with Crippen LogP contribution >= 0.6 is 0 Å². The first kappa shape index (κ1) is 19.1. The molecule has 0 saturated heterocycles. The van der Waals surface area contributed by atoms with Crippen molar-refractivity contribution < 1.29 is 24.9 Å². The lowest BCUT2D eigenvalue weighted by molar-refractivity contribution is 0.104. The molecule has 0 aliphatic rings. The summed E-state index contributed by atoms with van der Waals surface area (Å²) >= 11 is 0. The summed E-state index contributed by atoms with van der Waals surface area (Å²) < 4.78 is 4.97. The minimum atomic E-state index is -0.406. The van der Waals surface area contributed by atoms with Crippen LogP contribution < -0.4 is 4.74 Å². The van der Waals surface area contributed by atoms with E-state index in [1.165, 1.54) is 37.5 Å². The molecule has 0 amide bonds. The van der Waals surface area contributed by atoms with Crippen molar-refractivity contribution in [3.63, 3.8) is 0 Å². The molecule has 5 nitrogen and oxygen atoms in total. The van der Waals surface area contributed by atoms with Crippen LogP contribution in [0.3, 0.4) is 0 Å². The van der Waals surface area contributed by atoms with Crippen molar-refractivity contribution in [2.24, 2.45) is 0 Å². The summed E-state index contributed by atoms with van der Waals surface area (Å²) in [6.45, 7) is 3.88. The van der Waals surface area contributed by atoms with E-state index >= 15 is 0 Å². The van der Waals surface area contributed by atoms with Crippen molar-refractivity contribution in [3.05, 3.63) is 64.7 Å². The van der Waals surface area contributed by atoms with Gasteiger partial charge in [-0.15, -0.1) is 0 Å². The average molecular weight is 354 g/mol. The molecule has 2 rings (SSSR count). The number of phenols is 3. The summed E-state index contributed by atoms with van der Waals surface area (Å²) in [5.41, 5.74) is 2.36. The average Bonchev–Trinajstić information content (AvgIpc) is 2.59. The Kier molecular flexibility index (Phi) is 6.07. The topological polar surface area (TPSA) is 87.0 Å². The van der Waals surface area contributed by atoms with Gasteiger partial charge in [0.2, 0.25) is 0 Å². The maximum Gasteiger partial charge on any atom is 0.189 e. The number of allylic oxidation sites excluding steroid dienone is 3. The van der Waals surface area contributed by atoms with Gasteiger partial charge in [-0.25, -0.2) is 0 Å². The van der Waals surface area contributed by atoms with Crippen LogP contribution in [-0.4, -0.2) is 28.2 Å². The standard InChI is InChI=1S/C21H22O5/c1-13(2)4-7-15-11-16(19(24)12-18(15)23)17(22)8-5-14-6-9-21(26-3)20(25)10-14/h4-6,8-12,23-25H,7H2,1-3H3/b8-5+. The van der Waals surface area contributed by atoms with Crippen LogP contribution in [0.1, 0.15) is 35.3 Å². The zero-order valence-corrected chi connectivity index (χ0v) is 15.0. The van der Waals surface area contributed by atoms with Crippen LogP contribution in [0.4, 0.5) is 0 Å². The fourth-order valence-corrected chi connectivity index (χ4v) is 2.37. The predicted octanol–water partition coefficient (Wildman–Crippen LogP) is 4.22. The fraction of sp³-hybridized carbons (Fsp3) is 0.190. The van der Waals surface area contributed by atoms with E-state index in [1.807, 2.05) is 19.9 Å². The number of phenolic OH excluding ortho intramolecular Hbond substituents is 3. The third-order valence-corrected chi connectivity index (χ3v) is 3.82. The number of rotatable bonds is 6. The van der Waals surface area contributed by atoms with Crippen molar-refractivity contribution in [2.75, 3.05) is 7.11 Å². The maximum atomic E-state index is 12.4. The van der Waals surface area contributed by atoms with E-state index in [9.17, 15) is 20.1 Å². The van der Waals surface area contributed by atoms with Gasteiger partial charge in [0, 0.05) is 6.07 Å². The van der Waals surface area contributed by atoms with Gasteiger partial charge in [0.05, 0.1) is 12.7 Å². The molecule has 0 radical (unpaired) electrons. The zero-order chi connectivity index (χ0) is 19.3. The van der Waals surface area contributed by atoms with Gasteiger partial charge in [0.25, 0.3) is 0 Å². The highest BCUT2D eigenvalue weighted by Gasteiger charge is 2.13. The van der Waals surface area contributed by atoms with E-state index in [1.54, 1.807) is 12.1 Å². The van der Waals surface area contributed by atoms with Crippen LogP contribution in [0.2, 0.25) is 0 Å². The SMILES string of the molecule is COc1ccc(/C=C/C(=O)c2cc(CC=C(C)C)c(O)cc2O)cc1O. The van der Waals surface area contributed by atoms with Gasteiger partial charge in [0.15, 0.2) is 17.3 Å². The van der Waals surface area contributed by atoms with Crippen molar-refractivity contribution in [3.8, 4) is 23.0 Å². The molecule has 0 spiro atoms. The van der Waals surface area contributed by atoms with Gasteiger partial charge in [-0.3, -0.25) is 4.79 Å². The third-order valence-electron chi connectivity index (χ3n) is 3.82. The molecule has 0 bridgehead atoms. The molecule has 136 valence electrons. The monoisotopic (exact) mass is 354 g/mol. The summed E-state index contributed by atoms with van der Waals surface area (Å²) in [7, 11) is 1.45. The first-order chi connectivity index (χ1) is 12.3. The number of ether oxygens (including phenoxy) is 1. The normalized spacial score (nSPS) is 10.7. The lowest BCUT2D eigenvalue weighted by Crippen LogP contribution is -1.97. The number of benzene rings is 2. The molecule has 26 heavy (non-hydrogen) atoms. The fourth-order valence-electron chi connectivity index (χ4n) is 2.37. The van der Waals surface area contributed by atoms with E-state index in [0.717, 1.165) is 5.57 Å². The van der Waals surface area contributed by atoms with Crippen molar-refractivity contribution in [2.45, 2.75) is 20.3 Å². The van der Waals surface area contributed by atoms with Crippen LogP contribution in [0.25, 0.3) is 6.08 Å². The van der Waals surface area contributed by atoms with Crippen LogP contribution in [-0.2, 0) is 6.42 Å². The van der Waals surface area contributed by atoms with E-state index in [-0.39, 0.29) is 22.8 Å². The van der Waals surface area contributed by atoms with Crippen molar-refractivity contribution in [1.29, 1.82) is 0 Å². The van der Waals surface area contributed by atoms with Gasteiger partial charge in [-0.2, -0.15) is 0 Å². The van der Waals surface area contributed by atoms with Gasteiger partial charge in [0.1, 0.15) is 11.5 Å². The molecule has 0 fully saturated rings. The van der Waals surface area contributed by atoms with E-state index in [4.69, 9.17) is 4.74 Å². The Bertz CT molecular complexity index is 874. The molecule has 0 saturated carbocycles. The maximum absolute atomic E-state index is 12.4. The second kappa shape index (κ2) is 8.25. The Morgan fingerprint density at radius 3 is 2.38 bits per heavy atom. The van der Waals surface area contributed by atoms with Crippen molar-refractivity contribution in [1.82, 2.24) is 0 Å². The Morgan fingerprint density at radius 2 is 1.77 bits per heavy atom. The summed E-state index contributed by atoms with van der Waals surface area (Å²) in [6, 6.07) is 7.42. The molecule has 0 aromatic heterocycles. The molecular formula is C21H22O5. The Hall–Kier alpha value is -3.21. The second-order valence-electron chi connectivity index (χ2n) is 6.11. The molecule has 2 aromatic rings. The summed E-state index contributed by atoms with van der Waals surface area (Å²) in [5, 5.41) is 29.7. The number of aromatic hydroxyl groups is 3. The third kappa shape index (κ3) is 4.66. The minimum absolute atomic E-state index is 0.0291. The highest BCUT2D eigenvalue weighted by molar-refractivity contribution is 6.08. The van der Waals surface area contributed by atoms with E-state index in [2.05, 4.69) is 0 Å². The van der Waals surface area contributed by atoms with Crippen molar-refractivity contribution >= 4 is 11.9 Å². The van der Waals surface area contributed by atoms with Gasteiger partial charge < -0.3 is 20.1 Å². The number of carbonyl (C=O) groups is 1. The number of carbonyl (C=O) groups excluding carboxylic acids is 1. The molecule has 5 heteroatoms. The number of ketones is 1. The van der Waals surface area contributed by atoms with Crippen LogP contribution in [0.5, 0.6) is 23.0 Å². The van der Waals surface area contributed by atoms with Crippen LogP contribution in [0.15, 0.2) is 48.1 Å². The van der Waals surface area contributed by atoms with E-state index < -0.39 is 5.78 Å². The molecule has 0 unspecified atom stereocenters.